The smallest absolute Gasteiger partial charge is 0.350 e. The van der Waals surface area contributed by atoms with Gasteiger partial charge in [0.15, 0.2) is 0 Å². The number of ether oxygens (including phenoxy) is 3. The SMILES string of the molecule is O=C1OCCOCCOC(=O)[C@H]2CC(=NO2)c2cccc(n2)C2=NO[C@H]1C2. The molecule has 0 amide bonds. The van der Waals surface area contributed by atoms with Gasteiger partial charge in [-0.1, -0.05) is 16.4 Å². The summed E-state index contributed by atoms with van der Waals surface area (Å²) in [6, 6.07) is 5.30. The third-order valence-electron chi connectivity index (χ3n) is 4.15. The highest BCUT2D eigenvalue weighted by Gasteiger charge is 2.33. The van der Waals surface area contributed by atoms with Gasteiger partial charge in [-0.3, -0.25) is 0 Å². The molecule has 0 saturated heterocycles. The highest BCUT2D eigenvalue weighted by molar-refractivity contribution is 6.05. The maximum Gasteiger partial charge on any atom is 0.350 e. The van der Waals surface area contributed by atoms with Crippen LogP contribution in [0, 0.1) is 0 Å². The van der Waals surface area contributed by atoms with E-state index in [1.54, 1.807) is 18.2 Å². The topological polar surface area (TPSA) is 118 Å². The highest BCUT2D eigenvalue weighted by Crippen LogP contribution is 2.20. The van der Waals surface area contributed by atoms with Crippen LogP contribution in [0.2, 0.25) is 0 Å². The molecule has 142 valence electrons. The second-order valence-electron chi connectivity index (χ2n) is 6.03. The minimum absolute atomic E-state index is 0.0681. The number of oxime groups is 2. The number of hydrogen-bond acceptors (Lipinski definition) is 10. The second kappa shape index (κ2) is 7.70. The zero-order valence-corrected chi connectivity index (χ0v) is 14.3. The summed E-state index contributed by atoms with van der Waals surface area (Å²) >= 11 is 0. The fourth-order valence-electron chi connectivity index (χ4n) is 2.76. The van der Waals surface area contributed by atoms with Crippen molar-refractivity contribution in [1.29, 1.82) is 0 Å². The van der Waals surface area contributed by atoms with Gasteiger partial charge in [-0.2, -0.15) is 0 Å². The van der Waals surface area contributed by atoms with Crippen molar-refractivity contribution < 1.29 is 33.5 Å². The van der Waals surface area contributed by atoms with Crippen LogP contribution in [0.1, 0.15) is 24.2 Å². The van der Waals surface area contributed by atoms with Gasteiger partial charge >= 0.3 is 11.9 Å². The molecule has 6 bridgehead atoms. The lowest BCUT2D eigenvalue weighted by molar-refractivity contribution is -0.158. The monoisotopic (exact) mass is 375 g/mol. The number of cyclic esters (lactones) is 2. The van der Waals surface area contributed by atoms with Crippen molar-refractivity contribution in [1.82, 2.24) is 4.98 Å². The molecule has 0 spiro atoms. The first-order valence-electron chi connectivity index (χ1n) is 8.55. The molecule has 3 aliphatic heterocycles. The van der Waals surface area contributed by atoms with Gasteiger partial charge in [0.05, 0.1) is 24.6 Å². The normalized spacial score (nSPS) is 25.8. The Kier molecular flexibility index (Phi) is 4.97. The first kappa shape index (κ1) is 17.4. The average Bonchev–Trinajstić information content (AvgIpc) is 3.36. The van der Waals surface area contributed by atoms with Crippen LogP contribution in [0.3, 0.4) is 0 Å². The molecule has 27 heavy (non-hydrogen) atoms. The van der Waals surface area contributed by atoms with Crippen molar-refractivity contribution in [3.63, 3.8) is 0 Å². The van der Waals surface area contributed by atoms with Gasteiger partial charge < -0.3 is 23.9 Å². The van der Waals surface area contributed by atoms with Crippen LogP contribution in [0.25, 0.3) is 0 Å². The number of nitrogens with zero attached hydrogens (tertiary/aromatic N) is 3. The molecule has 2 atom stereocenters. The van der Waals surface area contributed by atoms with E-state index >= 15 is 0 Å². The summed E-state index contributed by atoms with van der Waals surface area (Å²) in [6.45, 7) is 0.498. The van der Waals surface area contributed by atoms with E-state index < -0.39 is 24.1 Å². The van der Waals surface area contributed by atoms with Gasteiger partial charge in [0, 0.05) is 12.8 Å². The molecule has 0 radical (unpaired) electrons. The predicted molar refractivity (Wildman–Crippen MR) is 89.0 cm³/mol. The number of aromatic nitrogens is 1. The van der Waals surface area contributed by atoms with Gasteiger partial charge in [-0.15, -0.1) is 0 Å². The maximum absolute atomic E-state index is 12.0. The number of carbonyl (C=O) groups excluding carboxylic acids is 2. The van der Waals surface area contributed by atoms with E-state index in [0.717, 1.165) is 0 Å². The van der Waals surface area contributed by atoms with E-state index in [1.165, 1.54) is 0 Å². The van der Waals surface area contributed by atoms with E-state index in [1.807, 2.05) is 0 Å². The third-order valence-corrected chi connectivity index (χ3v) is 4.15. The Labute approximate surface area is 154 Å². The van der Waals surface area contributed by atoms with Crippen molar-refractivity contribution in [2.24, 2.45) is 10.3 Å². The molecule has 10 heteroatoms. The minimum atomic E-state index is -0.804. The standard InChI is InChI=1S/C17H17N3O7/c21-16-14-8-12(19-26-14)10-2-1-3-11(18-10)13-9-15(27-20-13)17(22)25-7-5-23-4-6-24-16/h1-3,14-15H,4-9H2/t14-,15+. The number of rotatable bonds is 0. The minimum Gasteiger partial charge on any atom is -0.460 e. The number of esters is 2. The van der Waals surface area contributed by atoms with Crippen molar-refractivity contribution in [3.8, 4) is 0 Å². The Balaban J connectivity index is 1.54. The fraction of sp³-hybridized carbons (Fsp3) is 0.471. The number of pyridine rings is 1. The summed E-state index contributed by atoms with van der Waals surface area (Å²) in [4.78, 5) is 38.9. The Morgan fingerprint density at radius 3 is 1.81 bits per heavy atom. The van der Waals surface area contributed by atoms with Crippen molar-refractivity contribution in [2.75, 3.05) is 26.4 Å². The van der Waals surface area contributed by atoms with Gasteiger partial charge in [0.2, 0.25) is 12.2 Å². The largest absolute Gasteiger partial charge is 0.460 e. The van der Waals surface area contributed by atoms with Crippen LogP contribution in [-0.4, -0.2) is 67.0 Å². The summed E-state index contributed by atoms with van der Waals surface area (Å²) in [7, 11) is 0. The van der Waals surface area contributed by atoms with Gasteiger partial charge in [0.1, 0.15) is 24.6 Å². The molecule has 10 nitrogen and oxygen atoms in total. The summed E-state index contributed by atoms with van der Waals surface area (Å²) < 4.78 is 15.5. The lowest BCUT2D eigenvalue weighted by Crippen LogP contribution is -2.27. The Hall–Kier alpha value is -3.01. The molecular weight excluding hydrogens is 358 g/mol. The van der Waals surface area contributed by atoms with Crippen molar-refractivity contribution >= 4 is 23.4 Å². The summed E-state index contributed by atoms with van der Waals surface area (Å²) in [5.74, 6) is -1.03. The van der Waals surface area contributed by atoms with Crippen LogP contribution < -0.4 is 0 Å². The molecule has 3 aliphatic rings. The Morgan fingerprint density at radius 1 is 0.778 bits per heavy atom. The van der Waals surface area contributed by atoms with E-state index in [2.05, 4.69) is 15.3 Å². The fourth-order valence-corrected chi connectivity index (χ4v) is 2.76. The molecule has 0 saturated carbocycles. The first-order valence-corrected chi connectivity index (χ1v) is 8.55. The Morgan fingerprint density at radius 2 is 1.30 bits per heavy atom. The lowest BCUT2D eigenvalue weighted by Gasteiger charge is -2.11. The lowest BCUT2D eigenvalue weighted by atomic mass is 10.1. The number of carbonyl (C=O) groups is 2. The van der Waals surface area contributed by atoms with Gasteiger partial charge in [0.25, 0.3) is 0 Å². The van der Waals surface area contributed by atoms with Crippen LogP contribution in [-0.2, 0) is 33.5 Å². The van der Waals surface area contributed by atoms with E-state index in [0.29, 0.717) is 22.8 Å². The van der Waals surface area contributed by atoms with Gasteiger partial charge in [-0.25, -0.2) is 14.6 Å². The molecule has 0 aromatic carbocycles. The number of fused-ring (bicyclic) bond motifs is 8. The summed E-state index contributed by atoms with van der Waals surface area (Å²) in [5, 5.41) is 7.90. The molecule has 1 aromatic rings. The molecule has 1 aromatic heterocycles. The summed E-state index contributed by atoms with van der Waals surface area (Å²) in [6.07, 6.45) is -1.09. The maximum atomic E-state index is 12.0. The average molecular weight is 375 g/mol. The van der Waals surface area contributed by atoms with E-state index in [-0.39, 0.29) is 39.3 Å². The van der Waals surface area contributed by atoms with Crippen molar-refractivity contribution in [2.45, 2.75) is 25.0 Å². The number of hydrogen-bond donors (Lipinski definition) is 0. The molecule has 0 unspecified atom stereocenters. The summed E-state index contributed by atoms with van der Waals surface area (Å²) in [5.41, 5.74) is 2.18. The van der Waals surface area contributed by atoms with Crippen LogP contribution >= 0.6 is 0 Å². The highest BCUT2D eigenvalue weighted by atomic mass is 16.7. The molecule has 4 rings (SSSR count). The van der Waals surface area contributed by atoms with Gasteiger partial charge in [-0.05, 0) is 12.1 Å². The predicted octanol–water partition coefficient (Wildman–Crippen LogP) is 0.184. The molecular formula is C17H17N3O7. The molecule has 4 heterocycles. The van der Waals surface area contributed by atoms with Crippen LogP contribution in [0.5, 0.6) is 0 Å². The quantitative estimate of drug-likeness (QED) is 0.590. The molecule has 0 aliphatic carbocycles. The molecule has 0 fully saturated rings. The van der Waals surface area contributed by atoms with E-state index in [4.69, 9.17) is 23.9 Å². The zero-order valence-electron chi connectivity index (χ0n) is 14.3. The van der Waals surface area contributed by atoms with Crippen molar-refractivity contribution in [3.05, 3.63) is 29.6 Å². The first-order chi connectivity index (χ1) is 13.2. The Bertz CT molecular complexity index is 746. The van der Waals surface area contributed by atoms with Crippen LogP contribution in [0.4, 0.5) is 0 Å². The molecule has 0 N–H and O–H groups in total. The third kappa shape index (κ3) is 3.90. The van der Waals surface area contributed by atoms with E-state index in [9.17, 15) is 9.59 Å². The zero-order chi connectivity index (χ0) is 18.6. The van der Waals surface area contributed by atoms with Crippen LogP contribution in [0.15, 0.2) is 28.5 Å². The second-order valence-corrected chi connectivity index (χ2v) is 6.03.